The fourth-order valence-electron chi connectivity index (χ4n) is 2.18. The highest BCUT2D eigenvalue weighted by Gasteiger charge is 2.23. The average molecular weight is 292 g/mol. The average Bonchev–Trinajstić information content (AvgIpc) is 2.36. The minimum absolute atomic E-state index is 0.125. The van der Waals surface area contributed by atoms with Crippen LogP contribution < -0.4 is 5.32 Å². The van der Waals surface area contributed by atoms with Crippen LogP contribution in [-0.2, 0) is 9.59 Å². The number of nitrogens with zero attached hydrogens (tertiary/aromatic N) is 1. The lowest BCUT2D eigenvalue weighted by Crippen LogP contribution is -2.41. The maximum absolute atomic E-state index is 12.2. The highest BCUT2D eigenvalue weighted by molar-refractivity contribution is 5.79. The molecule has 21 heavy (non-hydrogen) atoms. The Morgan fingerprint density at radius 2 is 1.86 bits per heavy atom. The van der Waals surface area contributed by atoms with Gasteiger partial charge >= 0.3 is 0 Å². The topological polar surface area (TPSA) is 69.6 Å². The Morgan fingerprint density at radius 1 is 1.29 bits per heavy atom. The molecule has 0 heterocycles. The molecule has 1 unspecified atom stereocenters. The zero-order valence-corrected chi connectivity index (χ0v) is 13.1. The second-order valence-electron chi connectivity index (χ2n) is 5.93. The molecule has 0 radical (unpaired) electrons. The molecule has 1 aromatic carbocycles. The van der Waals surface area contributed by atoms with Gasteiger partial charge in [-0.05, 0) is 19.4 Å². The summed E-state index contributed by atoms with van der Waals surface area (Å²) in [4.78, 5) is 25.1. The molecule has 0 aliphatic rings. The van der Waals surface area contributed by atoms with Gasteiger partial charge in [-0.15, -0.1) is 0 Å². The van der Waals surface area contributed by atoms with E-state index in [1.54, 1.807) is 20.9 Å². The number of likely N-dealkylation sites (N-methyl/N-ethyl adjacent to an activating group) is 1. The van der Waals surface area contributed by atoms with Crippen LogP contribution in [0.15, 0.2) is 30.3 Å². The van der Waals surface area contributed by atoms with Gasteiger partial charge in [-0.2, -0.15) is 0 Å². The summed E-state index contributed by atoms with van der Waals surface area (Å²) in [5, 5.41) is 12.6. The summed E-state index contributed by atoms with van der Waals surface area (Å²) in [6.07, 6.45) is 0.163. The molecule has 1 atom stereocenters. The second kappa shape index (κ2) is 7.22. The first-order valence-electron chi connectivity index (χ1n) is 6.97. The van der Waals surface area contributed by atoms with Crippen molar-refractivity contribution in [2.45, 2.75) is 38.8 Å². The molecule has 5 nitrogen and oxygen atoms in total. The Kier molecular flexibility index (Phi) is 5.90. The normalized spacial score (nSPS) is 12.6. The molecule has 0 aliphatic heterocycles. The van der Waals surface area contributed by atoms with Crippen molar-refractivity contribution in [3.8, 4) is 0 Å². The van der Waals surface area contributed by atoms with Crippen molar-refractivity contribution in [1.29, 1.82) is 0 Å². The predicted octanol–water partition coefficient (Wildman–Crippen LogP) is 1.48. The Morgan fingerprint density at radius 3 is 2.33 bits per heavy atom. The van der Waals surface area contributed by atoms with Gasteiger partial charge in [0.15, 0.2) is 0 Å². The first-order chi connectivity index (χ1) is 9.69. The van der Waals surface area contributed by atoms with Crippen LogP contribution in [0.1, 0.15) is 38.8 Å². The van der Waals surface area contributed by atoms with Gasteiger partial charge in [0.05, 0.1) is 18.1 Å². The number of rotatable bonds is 6. The van der Waals surface area contributed by atoms with Crippen LogP contribution >= 0.6 is 0 Å². The monoisotopic (exact) mass is 292 g/mol. The molecule has 0 aromatic heterocycles. The number of amides is 2. The van der Waals surface area contributed by atoms with Gasteiger partial charge < -0.3 is 15.3 Å². The van der Waals surface area contributed by atoms with Crippen molar-refractivity contribution in [1.82, 2.24) is 10.2 Å². The molecule has 2 N–H and O–H groups in total. The number of carbonyl (C=O) groups is 2. The molecule has 116 valence electrons. The summed E-state index contributed by atoms with van der Waals surface area (Å²) in [7, 11) is 1.65. The lowest BCUT2D eigenvalue weighted by atomic mass is 10.0. The van der Waals surface area contributed by atoms with Crippen LogP contribution in [0.3, 0.4) is 0 Å². The summed E-state index contributed by atoms with van der Waals surface area (Å²) < 4.78 is 0. The van der Waals surface area contributed by atoms with E-state index >= 15 is 0 Å². The molecular formula is C16H24N2O3. The van der Waals surface area contributed by atoms with Crippen molar-refractivity contribution < 1.29 is 14.7 Å². The van der Waals surface area contributed by atoms with Crippen molar-refractivity contribution in [3.05, 3.63) is 35.9 Å². The van der Waals surface area contributed by atoms with E-state index in [0.717, 1.165) is 5.56 Å². The molecule has 2 amide bonds. The van der Waals surface area contributed by atoms with Crippen LogP contribution in [0.2, 0.25) is 0 Å². The van der Waals surface area contributed by atoms with E-state index < -0.39 is 5.60 Å². The van der Waals surface area contributed by atoms with Crippen molar-refractivity contribution >= 4 is 11.8 Å². The van der Waals surface area contributed by atoms with E-state index in [0.29, 0.717) is 0 Å². The van der Waals surface area contributed by atoms with E-state index in [1.807, 2.05) is 30.3 Å². The fraction of sp³-hybridized carbons (Fsp3) is 0.500. The molecule has 1 rings (SSSR count). The maximum atomic E-state index is 12.2. The highest BCUT2D eigenvalue weighted by Crippen LogP contribution is 2.18. The molecule has 1 aromatic rings. The standard InChI is InChI=1S/C16H24N2O3/c1-12(19)17-14(13-8-6-5-7-9-13)10-15(20)18(4)11-16(2,3)21/h5-9,14,21H,10-11H2,1-4H3,(H,17,19). The lowest BCUT2D eigenvalue weighted by Gasteiger charge is -2.27. The number of aliphatic hydroxyl groups is 1. The van der Waals surface area contributed by atoms with Gasteiger partial charge in [-0.25, -0.2) is 0 Å². The summed E-state index contributed by atoms with van der Waals surface area (Å²) in [5.74, 6) is -0.304. The van der Waals surface area contributed by atoms with Crippen LogP contribution in [0, 0.1) is 0 Å². The third-order valence-corrected chi connectivity index (χ3v) is 3.01. The Hall–Kier alpha value is -1.88. The van der Waals surface area contributed by atoms with E-state index in [9.17, 15) is 14.7 Å². The molecule has 0 bridgehead atoms. The summed E-state index contributed by atoms with van der Waals surface area (Å²) in [6, 6.07) is 9.02. The van der Waals surface area contributed by atoms with Crippen LogP contribution in [0.25, 0.3) is 0 Å². The number of hydrogen-bond acceptors (Lipinski definition) is 3. The quantitative estimate of drug-likeness (QED) is 0.834. The third kappa shape index (κ3) is 6.40. The fourth-order valence-corrected chi connectivity index (χ4v) is 2.18. The highest BCUT2D eigenvalue weighted by atomic mass is 16.3. The molecular weight excluding hydrogens is 268 g/mol. The van der Waals surface area contributed by atoms with Gasteiger partial charge in [0.2, 0.25) is 11.8 Å². The lowest BCUT2D eigenvalue weighted by molar-refractivity contribution is -0.133. The molecule has 0 fully saturated rings. The number of carbonyl (C=O) groups excluding carboxylic acids is 2. The van der Waals surface area contributed by atoms with E-state index in [1.165, 1.54) is 11.8 Å². The molecule has 0 saturated heterocycles. The van der Waals surface area contributed by atoms with Crippen molar-refractivity contribution in [3.63, 3.8) is 0 Å². The molecule has 0 aliphatic carbocycles. The number of hydrogen-bond donors (Lipinski definition) is 2. The SMILES string of the molecule is CC(=O)NC(CC(=O)N(C)CC(C)(C)O)c1ccccc1. The van der Waals surface area contributed by atoms with Gasteiger partial charge in [0.1, 0.15) is 0 Å². The molecule has 0 saturated carbocycles. The van der Waals surface area contributed by atoms with Crippen LogP contribution in [-0.4, -0.2) is 41.0 Å². The van der Waals surface area contributed by atoms with E-state index in [4.69, 9.17) is 0 Å². The number of benzene rings is 1. The van der Waals surface area contributed by atoms with Gasteiger partial charge in [-0.3, -0.25) is 9.59 Å². The predicted molar refractivity (Wildman–Crippen MR) is 81.6 cm³/mol. The second-order valence-corrected chi connectivity index (χ2v) is 5.93. The Balaban J connectivity index is 2.77. The Bertz CT molecular complexity index is 480. The largest absolute Gasteiger partial charge is 0.389 e. The zero-order valence-electron chi connectivity index (χ0n) is 13.1. The summed E-state index contributed by atoms with van der Waals surface area (Å²) in [5.41, 5.74) is -0.0570. The minimum atomic E-state index is -0.944. The van der Waals surface area contributed by atoms with Crippen LogP contribution in [0.5, 0.6) is 0 Å². The molecule has 5 heteroatoms. The van der Waals surface area contributed by atoms with Crippen LogP contribution in [0.4, 0.5) is 0 Å². The van der Waals surface area contributed by atoms with Crippen molar-refractivity contribution in [2.75, 3.05) is 13.6 Å². The zero-order chi connectivity index (χ0) is 16.0. The smallest absolute Gasteiger partial charge is 0.224 e. The van der Waals surface area contributed by atoms with Gasteiger partial charge in [0.25, 0.3) is 0 Å². The van der Waals surface area contributed by atoms with Gasteiger partial charge in [0, 0.05) is 20.5 Å². The number of nitrogens with one attached hydrogen (secondary N) is 1. The first kappa shape index (κ1) is 17.2. The minimum Gasteiger partial charge on any atom is -0.389 e. The van der Waals surface area contributed by atoms with E-state index in [-0.39, 0.29) is 30.8 Å². The Labute approximate surface area is 126 Å². The summed E-state index contributed by atoms with van der Waals surface area (Å²) in [6.45, 7) is 4.98. The van der Waals surface area contributed by atoms with Gasteiger partial charge in [-0.1, -0.05) is 30.3 Å². The third-order valence-electron chi connectivity index (χ3n) is 3.01. The van der Waals surface area contributed by atoms with Crippen molar-refractivity contribution in [2.24, 2.45) is 0 Å². The van der Waals surface area contributed by atoms with E-state index in [2.05, 4.69) is 5.32 Å². The maximum Gasteiger partial charge on any atom is 0.224 e. The first-order valence-corrected chi connectivity index (χ1v) is 6.97. The molecule has 0 spiro atoms. The summed E-state index contributed by atoms with van der Waals surface area (Å²) >= 11 is 0.